The van der Waals surface area contributed by atoms with Crippen LogP contribution in [0.4, 0.5) is 0 Å². The van der Waals surface area contributed by atoms with Gasteiger partial charge in [-0.05, 0) is 18.1 Å². The largest absolute Gasteiger partial charge is 0.482 e. The maximum absolute atomic E-state index is 11.6. The number of benzene rings is 1. The molecule has 0 saturated carbocycles. The van der Waals surface area contributed by atoms with Crippen LogP contribution in [0.1, 0.15) is 12.5 Å². The third-order valence-electron chi connectivity index (χ3n) is 2.47. The van der Waals surface area contributed by atoms with Gasteiger partial charge in [0.2, 0.25) is 0 Å². The van der Waals surface area contributed by atoms with Gasteiger partial charge >= 0.3 is 0 Å². The van der Waals surface area contributed by atoms with E-state index in [0.717, 1.165) is 0 Å². The van der Waals surface area contributed by atoms with Crippen LogP contribution in [0.3, 0.4) is 0 Å². The normalized spacial score (nSPS) is 11.4. The Morgan fingerprint density at radius 3 is 2.89 bits per heavy atom. The number of nitrogens with one attached hydrogen (secondary N) is 1. The zero-order valence-corrected chi connectivity index (χ0v) is 11.2. The molecular formula is C14H18N2O3. The van der Waals surface area contributed by atoms with Gasteiger partial charge in [-0.3, -0.25) is 4.79 Å². The monoisotopic (exact) mass is 262 g/mol. The van der Waals surface area contributed by atoms with Crippen LogP contribution in [-0.2, 0) is 9.53 Å². The molecule has 1 rings (SSSR count). The third kappa shape index (κ3) is 5.40. The van der Waals surface area contributed by atoms with E-state index in [1.54, 1.807) is 31.4 Å². The first kappa shape index (κ1) is 15.0. The fourth-order valence-corrected chi connectivity index (χ4v) is 1.51. The minimum atomic E-state index is -0.212. The van der Waals surface area contributed by atoms with Crippen molar-refractivity contribution >= 4 is 5.91 Å². The van der Waals surface area contributed by atoms with Crippen molar-refractivity contribution in [2.75, 3.05) is 26.9 Å². The van der Waals surface area contributed by atoms with Crippen LogP contribution in [0.5, 0.6) is 5.75 Å². The predicted molar refractivity (Wildman–Crippen MR) is 70.7 cm³/mol. The van der Waals surface area contributed by atoms with Crippen molar-refractivity contribution in [2.24, 2.45) is 5.92 Å². The van der Waals surface area contributed by atoms with E-state index < -0.39 is 0 Å². The van der Waals surface area contributed by atoms with Crippen LogP contribution in [0.15, 0.2) is 24.3 Å². The van der Waals surface area contributed by atoms with Gasteiger partial charge in [-0.25, -0.2) is 0 Å². The second kappa shape index (κ2) is 8.11. The highest BCUT2D eigenvalue weighted by Gasteiger charge is 2.07. The molecule has 1 aromatic rings. The van der Waals surface area contributed by atoms with Crippen LogP contribution in [0.2, 0.25) is 0 Å². The maximum Gasteiger partial charge on any atom is 0.257 e. The lowest BCUT2D eigenvalue weighted by atomic mass is 10.2. The summed E-state index contributed by atoms with van der Waals surface area (Å²) in [5.74, 6) is 0.459. The van der Waals surface area contributed by atoms with Crippen molar-refractivity contribution in [3.8, 4) is 11.8 Å². The number of methoxy groups -OCH3 is 1. The van der Waals surface area contributed by atoms with E-state index in [0.29, 0.717) is 24.5 Å². The molecule has 0 fully saturated rings. The molecular weight excluding hydrogens is 244 g/mol. The van der Waals surface area contributed by atoms with E-state index in [-0.39, 0.29) is 18.4 Å². The quantitative estimate of drug-likeness (QED) is 0.804. The Kier molecular flexibility index (Phi) is 6.41. The number of para-hydroxylation sites is 1. The van der Waals surface area contributed by atoms with Gasteiger partial charge in [0.15, 0.2) is 6.61 Å². The second-order valence-electron chi connectivity index (χ2n) is 4.26. The van der Waals surface area contributed by atoms with Crippen molar-refractivity contribution in [2.45, 2.75) is 6.92 Å². The number of amides is 1. The lowest BCUT2D eigenvalue weighted by Crippen LogP contribution is -2.33. The first-order valence-electron chi connectivity index (χ1n) is 6.05. The number of nitriles is 1. The van der Waals surface area contributed by atoms with Gasteiger partial charge in [0.1, 0.15) is 11.8 Å². The molecule has 0 saturated heterocycles. The Bertz CT molecular complexity index is 454. The molecule has 1 aromatic carbocycles. The highest BCUT2D eigenvalue weighted by atomic mass is 16.5. The van der Waals surface area contributed by atoms with E-state index >= 15 is 0 Å². The maximum atomic E-state index is 11.6. The van der Waals surface area contributed by atoms with Crippen LogP contribution in [0, 0.1) is 17.2 Å². The molecule has 0 aliphatic heterocycles. The van der Waals surface area contributed by atoms with Gasteiger partial charge in [-0.1, -0.05) is 19.1 Å². The lowest BCUT2D eigenvalue weighted by Gasteiger charge is -2.12. The van der Waals surface area contributed by atoms with E-state index in [1.165, 1.54) is 0 Å². The van der Waals surface area contributed by atoms with E-state index in [9.17, 15) is 4.79 Å². The van der Waals surface area contributed by atoms with Crippen LogP contribution in [-0.4, -0.2) is 32.8 Å². The summed E-state index contributed by atoms with van der Waals surface area (Å²) in [6, 6.07) is 8.83. The fourth-order valence-electron chi connectivity index (χ4n) is 1.51. The smallest absolute Gasteiger partial charge is 0.257 e. The summed E-state index contributed by atoms with van der Waals surface area (Å²) >= 11 is 0. The molecule has 1 atom stereocenters. The zero-order chi connectivity index (χ0) is 14.1. The van der Waals surface area contributed by atoms with Crippen LogP contribution >= 0.6 is 0 Å². The summed E-state index contributed by atoms with van der Waals surface area (Å²) in [6.07, 6.45) is 0. The Labute approximate surface area is 113 Å². The molecule has 19 heavy (non-hydrogen) atoms. The minimum absolute atomic E-state index is 0.0988. The van der Waals surface area contributed by atoms with E-state index in [4.69, 9.17) is 14.7 Å². The molecule has 5 nitrogen and oxygen atoms in total. The van der Waals surface area contributed by atoms with Gasteiger partial charge < -0.3 is 14.8 Å². The third-order valence-corrected chi connectivity index (χ3v) is 2.47. The highest BCUT2D eigenvalue weighted by molar-refractivity contribution is 5.77. The number of ether oxygens (including phenoxy) is 2. The topological polar surface area (TPSA) is 71.3 Å². The molecule has 0 aliphatic carbocycles. The second-order valence-corrected chi connectivity index (χ2v) is 4.26. The number of carbonyl (C=O) groups is 1. The van der Waals surface area contributed by atoms with Gasteiger partial charge in [-0.2, -0.15) is 5.26 Å². The summed E-state index contributed by atoms with van der Waals surface area (Å²) in [6.45, 7) is 3.02. The van der Waals surface area contributed by atoms with Gasteiger partial charge in [-0.15, -0.1) is 0 Å². The average Bonchev–Trinajstić information content (AvgIpc) is 2.43. The van der Waals surface area contributed by atoms with Crippen molar-refractivity contribution in [3.05, 3.63) is 29.8 Å². The number of hydrogen-bond donors (Lipinski definition) is 1. The fraction of sp³-hybridized carbons (Fsp3) is 0.429. The molecule has 0 aromatic heterocycles. The molecule has 0 bridgehead atoms. The van der Waals surface area contributed by atoms with E-state index in [2.05, 4.69) is 5.32 Å². The lowest BCUT2D eigenvalue weighted by molar-refractivity contribution is -0.123. The van der Waals surface area contributed by atoms with Crippen molar-refractivity contribution in [1.29, 1.82) is 5.26 Å². The molecule has 102 valence electrons. The Hall–Kier alpha value is -2.06. The molecule has 1 N–H and O–H groups in total. The van der Waals surface area contributed by atoms with Crippen LogP contribution < -0.4 is 10.1 Å². The predicted octanol–water partition coefficient (Wildman–Crippen LogP) is 1.34. The molecule has 0 radical (unpaired) electrons. The Balaban J connectivity index is 2.36. The molecule has 5 heteroatoms. The summed E-state index contributed by atoms with van der Waals surface area (Å²) in [7, 11) is 1.63. The number of carbonyl (C=O) groups excluding carboxylic acids is 1. The number of hydrogen-bond acceptors (Lipinski definition) is 4. The van der Waals surface area contributed by atoms with Gasteiger partial charge in [0.25, 0.3) is 5.91 Å². The average molecular weight is 262 g/mol. The first-order valence-corrected chi connectivity index (χ1v) is 6.05. The molecule has 0 aliphatic rings. The van der Waals surface area contributed by atoms with Crippen molar-refractivity contribution in [1.82, 2.24) is 5.32 Å². The number of nitrogens with zero attached hydrogens (tertiary/aromatic N) is 1. The minimum Gasteiger partial charge on any atom is -0.482 e. The van der Waals surface area contributed by atoms with Gasteiger partial charge in [0, 0.05) is 13.7 Å². The van der Waals surface area contributed by atoms with Gasteiger partial charge in [0.05, 0.1) is 12.2 Å². The van der Waals surface area contributed by atoms with Crippen LogP contribution in [0.25, 0.3) is 0 Å². The van der Waals surface area contributed by atoms with Crippen molar-refractivity contribution in [3.63, 3.8) is 0 Å². The van der Waals surface area contributed by atoms with E-state index in [1.807, 2.05) is 13.0 Å². The zero-order valence-electron chi connectivity index (χ0n) is 11.2. The Morgan fingerprint density at radius 1 is 1.47 bits per heavy atom. The summed E-state index contributed by atoms with van der Waals surface area (Å²) in [5.41, 5.74) is 0.419. The SMILES string of the molecule is COCC(C)CNC(=O)COc1ccccc1C#N. The molecule has 1 unspecified atom stereocenters. The van der Waals surface area contributed by atoms with Crippen molar-refractivity contribution < 1.29 is 14.3 Å². The molecule has 0 heterocycles. The highest BCUT2D eigenvalue weighted by Crippen LogP contribution is 2.16. The summed E-state index contributed by atoms with van der Waals surface area (Å²) in [5, 5.41) is 11.6. The summed E-state index contributed by atoms with van der Waals surface area (Å²) in [4.78, 5) is 11.6. The molecule has 1 amide bonds. The standard InChI is InChI=1S/C14H18N2O3/c1-11(9-18-2)8-16-14(17)10-19-13-6-4-3-5-12(13)7-15/h3-6,11H,8-10H2,1-2H3,(H,16,17). The first-order chi connectivity index (χ1) is 9.17. The summed E-state index contributed by atoms with van der Waals surface area (Å²) < 4.78 is 10.3. The number of rotatable bonds is 7. The Morgan fingerprint density at radius 2 is 2.21 bits per heavy atom. The molecule has 0 spiro atoms.